The second-order valence-electron chi connectivity index (χ2n) is 5.47. The summed E-state index contributed by atoms with van der Waals surface area (Å²) in [7, 11) is 0. The first kappa shape index (κ1) is 16.5. The summed E-state index contributed by atoms with van der Waals surface area (Å²) in [5, 5.41) is 8.10. The van der Waals surface area contributed by atoms with Crippen molar-refractivity contribution in [2.75, 3.05) is 38.0 Å². The average Bonchev–Trinajstić information content (AvgIpc) is 2.90. The Balaban J connectivity index is 1.65. The van der Waals surface area contributed by atoms with Crippen molar-refractivity contribution in [3.8, 4) is 0 Å². The zero-order chi connectivity index (χ0) is 16.2. The number of nitrogens with one attached hydrogen (secondary N) is 1. The summed E-state index contributed by atoms with van der Waals surface area (Å²) in [6.07, 6.45) is 0. The van der Waals surface area contributed by atoms with Crippen molar-refractivity contribution in [3.63, 3.8) is 0 Å². The fourth-order valence-corrected chi connectivity index (χ4v) is 3.57. The molecule has 0 atom stereocenters. The standard InChI is InChI=1S/C15H20FN5S2/c1-2-19-7-9-20(10-8-19)11-21-15(22)23-14(18-21)17-13-6-4-3-5-12(13)16/h3-6H,2,7-11H2,1H3,(H,17,18). The highest BCUT2D eigenvalue weighted by Crippen LogP contribution is 2.22. The molecule has 0 saturated carbocycles. The maximum Gasteiger partial charge on any atom is 0.209 e. The van der Waals surface area contributed by atoms with Gasteiger partial charge in [0.15, 0.2) is 3.95 Å². The number of benzene rings is 1. The van der Waals surface area contributed by atoms with Crippen LogP contribution in [0.4, 0.5) is 15.2 Å². The molecule has 0 aliphatic carbocycles. The van der Waals surface area contributed by atoms with Crippen LogP contribution in [0.25, 0.3) is 0 Å². The zero-order valence-corrected chi connectivity index (χ0v) is 14.7. The van der Waals surface area contributed by atoms with Crippen molar-refractivity contribution in [1.29, 1.82) is 0 Å². The maximum atomic E-state index is 13.7. The Morgan fingerprint density at radius 1 is 1.22 bits per heavy atom. The van der Waals surface area contributed by atoms with Gasteiger partial charge < -0.3 is 10.2 Å². The molecule has 0 radical (unpaired) electrons. The monoisotopic (exact) mass is 353 g/mol. The first-order valence-electron chi connectivity index (χ1n) is 7.70. The third-order valence-electron chi connectivity index (χ3n) is 3.97. The molecule has 8 heteroatoms. The Labute approximate surface area is 144 Å². The molecule has 1 N–H and O–H groups in total. The topological polar surface area (TPSA) is 36.3 Å². The van der Waals surface area contributed by atoms with E-state index in [0.717, 1.165) is 32.7 Å². The predicted octanol–water partition coefficient (Wildman–Crippen LogP) is 3.15. The zero-order valence-electron chi connectivity index (χ0n) is 13.0. The smallest absolute Gasteiger partial charge is 0.209 e. The minimum atomic E-state index is -0.296. The normalized spacial score (nSPS) is 16.6. The third kappa shape index (κ3) is 4.14. The summed E-state index contributed by atoms with van der Waals surface area (Å²) < 4.78 is 16.2. The number of para-hydroxylation sites is 1. The molecular formula is C15H20FN5S2. The van der Waals surface area contributed by atoms with Crippen LogP contribution >= 0.6 is 23.6 Å². The molecule has 0 bridgehead atoms. The molecule has 1 aromatic carbocycles. The first-order chi connectivity index (χ1) is 11.2. The van der Waals surface area contributed by atoms with Crippen LogP contribution in [0.15, 0.2) is 24.3 Å². The Bertz CT molecular complexity index is 706. The van der Waals surface area contributed by atoms with Gasteiger partial charge in [0, 0.05) is 26.2 Å². The lowest BCUT2D eigenvalue weighted by Gasteiger charge is -2.33. The predicted molar refractivity (Wildman–Crippen MR) is 94.3 cm³/mol. The van der Waals surface area contributed by atoms with E-state index in [1.807, 2.05) is 4.68 Å². The molecule has 1 aliphatic rings. The SMILES string of the molecule is CCN1CCN(Cn2nc(Nc3ccccc3F)sc2=S)CC1. The van der Waals surface area contributed by atoms with Crippen molar-refractivity contribution in [3.05, 3.63) is 34.0 Å². The highest BCUT2D eigenvalue weighted by atomic mass is 32.1. The molecular weight excluding hydrogens is 333 g/mol. The van der Waals surface area contributed by atoms with Crippen molar-refractivity contribution >= 4 is 34.4 Å². The number of nitrogens with zero attached hydrogens (tertiary/aromatic N) is 4. The van der Waals surface area contributed by atoms with E-state index in [1.165, 1.54) is 17.4 Å². The van der Waals surface area contributed by atoms with Gasteiger partial charge in [-0.25, -0.2) is 9.07 Å². The lowest BCUT2D eigenvalue weighted by atomic mass is 10.3. The Kier molecular flexibility index (Phi) is 5.37. The lowest BCUT2D eigenvalue weighted by molar-refractivity contribution is 0.107. The second kappa shape index (κ2) is 7.48. The summed E-state index contributed by atoms with van der Waals surface area (Å²) in [6, 6.07) is 6.56. The fourth-order valence-electron chi connectivity index (χ4n) is 2.56. The van der Waals surface area contributed by atoms with Crippen LogP contribution in [0.5, 0.6) is 0 Å². The molecule has 1 aliphatic heterocycles. The van der Waals surface area contributed by atoms with Gasteiger partial charge in [-0.2, -0.15) is 0 Å². The number of rotatable bonds is 5. The number of aromatic nitrogens is 2. The third-order valence-corrected chi connectivity index (χ3v) is 5.19. The van der Waals surface area contributed by atoms with E-state index >= 15 is 0 Å². The van der Waals surface area contributed by atoms with Gasteiger partial charge in [-0.05, 0) is 30.9 Å². The molecule has 0 unspecified atom stereocenters. The van der Waals surface area contributed by atoms with Crippen molar-refractivity contribution in [2.24, 2.45) is 0 Å². The van der Waals surface area contributed by atoms with Crippen LogP contribution in [0.3, 0.4) is 0 Å². The van der Waals surface area contributed by atoms with E-state index in [0.29, 0.717) is 21.4 Å². The van der Waals surface area contributed by atoms with E-state index in [1.54, 1.807) is 18.2 Å². The van der Waals surface area contributed by atoms with Crippen LogP contribution in [0.1, 0.15) is 6.92 Å². The van der Waals surface area contributed by atoms with Crippen LogP contribution in [-0.4, -0.2) is 52.3 Å². The Hall–Kier alpha value is -1.35. The highest BCUT2D eigenvalue weighted by Gasteiger charge is 2.16. The summed E-state index contributed by atoms with van der Waals surface area (Å²) in [4.78, 5) is 4.77. The van der Waals surface area contributed by atoms with E-state index in [2.05, 4.69) is 27.1 Å². The summed E-state index contributed by atoms with van der Waals surface area (Å²) >= 11 is 6.75. The summed E-state index contributed by atoms with van der Waals surface area (Å²) in [6.45, 7) is 8.16. The number of anilines is 2. The average molecular weight is 353 g/mol. The molecule has 5 nitrogen and oxygen atoms in total. The number of piperazine rings is 1. The molecule has 2 heterocycles. The number of likely N-dealkylation sites (N-methyl/N-ethyl adjacent to an activating group) is 1. The molecule has 0 amide bonds. The van der Waals surface area contributed by atoms with E-state index in [4.69, 9.17) is 12.2 Å². The van der Waals surface area contributed by atoms with Gasteiger partial charge in [0.1, 0.15) is 5.82 Å². The number of halogens is 1. The van der Waals surface area contributed by atoms with Gasteiger partial charge in [-0.1, -0.05) is 30.4 Å². The molecule has 1 saturated heterocycles. The minimum Gasteiger partial charge on any atom is -0.328 e. The van der Waals surface area contributed by atoms with Gasteiger partial charge >= 0.3 is 0 Å². The van der Waals surface area contributed by atoms with Crippen LogP contribution < -0.4 is 5.32 Å². The first-order valence-corrected chi connectivity index (χ1v) is 8.92. The largest absolute Gasteiger partial charge is 0.328 e. The molecule has 124 valence electrons. The molecule has 2 aromatic rings. The molecule has 23 heavy (non-hydrogen) atoms. The van der Waals surface area contributed by atoms with Crippen LogP contribution in [0, 0.1) is 9.77 Å². The fraction of sp³-hybridized carbons (Fsp3) is 0.467. The van der Waals surface area contributed by atoms with E-state index < -0.39 is 0 Å². The molecule has 1 aromatic heterocycles. The van der Waals surface area contributed by atoms with Crippen molar-refractivity contribution in [2.45, 2.75) is 13.6 Å². The van der Waals surface area contributed by atoms with Gasteiger partial charge in [-0.3, -0.25) is 4.90 Å². The highest BCUT2D eigenvalue weighted by molar-refractivity contribution is 7.73. The summed E-state index contributed by atoms with van der Waals surface area (Å²) in [5.74, 6) is -0.296. The van der Waals surface area contributed by atoms with Crippen molar-refractivity contribution in [1.82, 2.24) is 19.6 Å². The number of hydrogen-bond acceptors (Lipinski definition) is 6. The van der Waals surface area contributed by atoms with Crippen LogP contribution in [0.2, 0.25) is 0 Å². The lowest BCUT2D eigenvalue weighted by Crippen LogP contribution is -2.46. The maximum absolute atomic E-state index is 13.7. The van der Waals surface area contributed by atoms with Gasteiger partial charge in [-0.15, -0.1) is 5.10 Å². The van der Waals surface area contributed by atoms with Gasteiger partial charge in [0.05, 0.1) is 12.4 Å². The van der Waals surface area contributed by atoms with Gasteiger partial charge in [0.2, 0.25) is 5.13 Å². The molecule has 3 rings (SSSR count). The second-order valence-corrected chi connectivity index (χ2v) is 7.09. The molecule has 0 spiro atoms. The quantitative estimate of drug-likeness (QED) is 0.836. The van der Waals surface area contributed by atoms with Crippen LogP contribution in [-0.2, 0) is 6.67 Å². The Morgan fingerprint density at radius 2 is 1.91 bits per heavy atom. The minimum absolute atomic E-state index is 0.296. The number of hydrogen-bond donors (Lipinski definition) is 1. The van der Waals surface area contributed by atoms with Crippen molar-refractivity contribution < 1.29 is 4.39 Å². The van der Waals surface area contributed by atoms with Gasteiger partial charge in [0.25, 0.3) is 0 Å². The summed E-state index contributed by atoms with van der Waals surface area (Å²) in [5.41, 5.74) is 0.417. The Morgan fingerprint density at radius 3 is 2.61 bits per heavy atom. The van der Waals surface area contributed by atoms with E-state index in [9.17, 15) is 4.39 Å². The van der Waals surface area contributed by atoms with E-state index in [-0.39, 0.29) is 5.82 Å². The molecule has 1 fully saturated rings.